The first-order valence-corrected chi connectivity index (χ1v) is 11.1. The Bertz CT molecular complexity index is 989. The molecule has 4 rings (SSSR count). The van der Waals surface area contributed by atoms with E-state index in [2.05, 4.69) is 40.5 Å². The monoisotopic (exact) mass is 417 g/mol. The van der Waals surface area contributed by atoms with Gasteiger partial charge in [0.1, 0.15) is 0 Å². The molecular weight excluding hydrogens is 386 g/mol. The first-order valence-electron chi connectivity index (χ1n) is 11.1. The van der Waals surface area contributed by atoms with Crippen molar-refractivity contribution in [1.29, 1.82) is 0 Å². The van der Waals surface area contributed by atoms with Gasteiger partial charge in [-0.2, -0.15) is 5.10 Å². The Kier molecular flexibility index (Phi) is 6.55. The Balaban J connectivity index is 1.39. The second kappa shape index (κ2) is 9.69. The third-order valence-electron chi connectivity index (χ3n) is 5.89. The van der Waals surface area contributed by atoms with Crippen LogP contribution in [0.4, 0.5) is 17.1 Å². The Morgan fingerprint density at radius 3 is 2.55 bits per heavy atom. The summed E-state index contributed by atoms with van der Waals surface area (Å²) in [6, 6.07) is 15.9. The van der Waals surface area contributed by atoms with Crippen molar-refractivity contribution in [2.75, 3.05) is 35.2 Å². The molecule has 31 heavy (non-hydrogen) atoms. The average Bonchev–Trinajstić information content (AvgIpc) is 3.29. The van der Waals surface area contributed by atoms with E-state index in [0.717, 1.165) is 54.7 Å². The molecule has 0 saturated carbocycles. The van der Waals surface area contributed by atoms with Gasteiger partial charge in [0.25, 0.3) is 5.91 Å². The van der Waals surface area contributed by atoms with E-state index in [1.807, 2.05) is 53.3 Å². The summed E-state index contributed by atoms with van der Waals surface area (Å²) in [5.74, 6) is 0.693. The van der Waals surface area contributed by atoms with Crippen LogP contribution in [0.3, 0.4) is 0 Å². The summed E-state index contributed by atoms with van der Waals surface area (Å²) in [6.45, 7) is 7.98. The van der Waals surface area contributed by atoms with Crippen molar-refractivity contribution >= 4 is 23.0 Å². The maximum Gasteiger partial charge on any atom is 0.257 e. The zero-order valence-corrected chi connectivity index (χ0v) is 18.3. The van der Waals surface area contributed by atoms with E-state index < -0.39 is 0 Å². The van der Waals surface area contributed by atoms with Gasteiger partial charge in [-0.25, -0.2) is 0 Å². The summed E-state index contributed by atoms with van der Waals surface area (Å²) in [4.78, 5) is 15.4. The number of amides is 1. The van der Waals surface area contributed by atoms with Crippen molar-refractivity contribution < 1.29 is 4.79 Å². The molecule has 1 aliphatic heterocycles. The number of carbonyl (C=O) groups is 1. The molecule has 2 aromatic carbocycles. The zero-order valence-electron chi connectivity index (χ0n) is 18.3. The summed E-state index contributed by atoms with van der Waals surface area (Å²) < 4.78 is 1.89. The lowest BCUT2D eigenvalue weighted by atomic mass is 9.97. The Morgan fingerprint density at radius 2 is 1.84 bits per heavy atom. The van der Waals surface area contributed by atoms with Crippen LogP contribution in [-0.2, 0) is 6.54 Å². The molecule has 6 heteroatoms. The number of piperidine rings is 1. The molecule has 0 atom stereocenters. The highest BCUT2D eigenvalue weighted by atomic mass is 16.1. The highest BCUT2D eigenvalue weighted by molar-refractivity contribution is 6.08. The van der Waals surface area contributed by atoms with Crippen LogP contribution in [-0.4, -0.2) is 35.3 Å². The second-order valence-electron chi connectivity index (χ2n) is 8.42. The van der Waals surface area contributed by atoms with Gasteiger partial charge < -0.3 is 15.5 Å². The van der Waals surface area contributed by atoms with Gasteiger partial charge in [-0.3, -0.25) is 9.48 Å². The molecule has 0 aliphatic carbocycles. The first-order chi connectivity index (χ1) is 15.1. The van der Waals surface area contributed by atoms with Crippen LogP contribution in [0.1, 0.15) is 35.7 Å². The highest BCUT2D eigenvalue weighted by Gasteiger charge is 2.21. The number of benzene rings is 2. The lowest BCUT2D eigenvalue weighted by Gasteiger charge is -2.33. The number of anilines is 3. The minimum atomic E-state index is -0.0620. The summed E-state index contributed by atoms with van der Waals surface area (Å²) >= 11 is 0. The minimum absolute atomic E-state index is 0.0620. The SMILES string of the molecule is Cc1ccc(C(=O)Nc2ccc(NCCn3cccn3)cc2)c(N2CCC(C)CC2)c1. The van der Waals surface area contributed by atoms with E-state index in [9.17, 15) is 4.79 Å². The van der Waals surface area contributed by atoms with Crippen molar-refractivity contribution in [3.05, 3.63) is 72.1 Å². The van der Waals surface area contributed by atoms with Gasteiger partial charge in [0.05, 0.1) is 12.1 Å². The van der Waals surface area contributed by atoms with Crippen LogP contribution in [0.5, 0.6) is 0 Å². The van der Waals surface area contributed by atoms with Crippen molar-refractivity contribution in [3.63, 3.8) is 0 Å². The van der Waals surface area contributed by atoms with Gasteiger partial charge in [-0.15, -0.1) is 0 Å². The lowest BCUT2D eigenvalue weighted by molar-refractivity contribution is 0.102. The van der Waals surface area contributed by atoms with Crippen LogP contribution in [0.15, 0.2) is 60.9 Å². The highest BCUT2D eigenvalue weighted by Crippen LogP contribution is 2.28. The van der Waals surface area contributed by atoms with Gasteiger partial charge in [0, 0.05) is 49.1 Å². The molecule has 0 unspecified atom stereocenters. The van der Waals surface area contributed by atoms with Gasteiger partial charge in [-0.1, -0.05) is 13.0 Å². The standard InChI is InChI=1S/C25H31N5O/c1-19-10-15-29(16-11-19)24-18-20(2)4-9-23(24)25(31)28-22-7-5-21(6-8-22)26-13-17-30-14-3-12-27-30/h3-9,12,14,18-19,26H,10-11,13,15-17H2,1-2H3,(H,28,31). The largest absolute Gasteiger partial charge is 0.383 e. The fourth-order valence-electron chi connectivity index (χ4n) is 3.96. The molecule has 2 N–H and O–H groups in total. The molecule has 3 aromatic rings. The molecule has 1 amide bonds. The fourth-order valence-corrected chi connectivity index (χ4v) is 3.96. The number of aromatic nitrogens is 2. The van der Waals surface area contributed by atoms with Gasteiger partial charge in [0.15, 0.2) is 0 Å². The molecular formula is C25H31N5O. The normalized spacial score (nSPS) is 14.5. The number of hydrogen-bond acceptors (Lipinski definition) is 4. The third kappa shape index (κ3) is 5.45. The number of nitrogens with zero attached hydrogens (tertiary/aromatic N) is 3. The molecule has 1 saturated heterocycles. The topological polar surface area (TPSA) is 62.2 Å². The average molecular weight is 418 g/mol. The van der Waals surface area contributed by atoms with E-state index in [4.69, 9.17) is 0 Å². The summed E-state index contributed by atoms with van der Waals surface area (Å²) in [7, 11) is 0. The summed E-state index contributed by atoms with van der Waals surface area (Å²) in [6.07, 6.45) is 6.07. The zero-order chi connectivity index (χ0) is 21.6. The van der Waals surface area contributed by atoms with E-state index in [1.54, 1.807) is 6.20 Å². The Labute approximate surface area is 184 Å². The fraction of sp³-hybridized carbons (Fsp3) is 0.360. The van der Waals surface area contributed by atoms with Crippen molar-refractivity contribution in [3.8, 4) is 0 Å². The smallest absolute Gasteiger partial charge is 0.257 e. The molecule has 0 bridgehead atoms. The number of aryl methyl sites for hydroxylation is 1. The molecule has 0 radical (unpaired) electrons. The van der Waals surface area contributed by atoms with Crippen LogP contribution in [0, 0.1) is 12.8 Å². The van der Waals surface area contributed by atoms with Crippen LogP contribution in [0.25, 0.3) is 0 Å². The summed E-state index contributed by atoms with van der Waals surface area (Å²) in [5.41, 5.74) is 4.77. The third-order valence-corrected chi connectivity index (χ3v) is 5.89. The number of hydrogen-bond donors (Lipinski definition) is 2. The quantitative estimate of drug-likeness (QED) is 0.580. The molecule has 2 heterocycles. The van der Waals surface area contributed by atoms with Crippen LogP contribution in [0.2, 0.25) is 0 Å². The number of nitrogens with one attached hydrogen (secondary N) is 2. The van der Waals surface area contributed by atoms with E-state index in [0.29, 0.717) is 0 Å². The maximum atomic E-state index is 13.1. The first kappa shape index (κ1) is 21.0. The lowest BCUT2D eigenvalue weighted by Crippen LogP contribution is -2.34. The van der Waals surface area contributed by atoms with Gasteiger partial charge in [-0.05, 0) is 73.7 Å². The molecule has 162 valence electrons. The van der Waals surface area contributed by atoms with Crippen molar-refractivity contribution in [2.45, 2.75) is 33.2 Å². The predicted octanol–water partition coefficient (Wildman–Crippen LogP) is 4.79. The molecule has 1 aliphatic rings. The number of carbonyl (C=O) groups excluding carboxylic acids is 1. The molecule has 1 fully saturated rings. The second-order valence-corrected chi connectivity index (χ2v) is 8.42. The van der Waals surface area contributed by atoms with Crippen LogP contribution >= 0.6 is 0 Å². The maximum absolute atomic E-state index is 13.1. The minimum Gasteiger partial charge on any atom is -0.383 e. The number of rotatable bonds is 7. The predicted molar refractivity (Wildman–Crippen MR) is 127 cm³/mol. The van der Waals surface area contributed by atoms with E-state index >= 15 is 0 Å². The Morgan fingerprint density at radius 1 is 1.10 bits per heavy atom. The van der Waals surface area contributed by atoms with E-state index in [1.165, 1.54) is 18.4 Å². The molecule has 1 aromatic heterocycles. The summed E-state index contributed by atoms with van der Waals surface area (Å²) in [5, 5.41) is 10.6. The van der Waals surface area contributed by atoms with Gasteiger partial charge >= 0.3 is 0 Å². The van der Waals surface area contributed by atoms with Crippen molar-refractivity contribution in [2.24, 2.45) is 5.92 Å². The van der Waals surface area contributed by atoms with Crippen molar-refractivity contribution in [1.82, 2.24) is 9.78 Å². The molecule has 0 spiro atoms. The Hall–Kier alpha value is -3.28. The molecule has 6 nitrogen and oxygen atoms in total. The van der Waals surface area contributed by atoms with E-state index in [-0.39, 0.29) is 5.91 Å². The van der Waals surface area contributed by atoms with Crippen LogP contribution < -0.4 is 15.5 Å². The van der Waals surface area contributed by atoms with Gasteiger partial charge in [0.2, 0.25) is 0 Å².